The number of hydrogen-bond donors (Lipinski definition) is 1. The van der Waals surface area contributed by atoms with Crippen molar-refractivity contribution in [2.45, 2.75) is 26.2 Å². The van der Waals surface area contributed by atoms with Crippen molar-refractivity contribution in [3.05, 3.63) is 18.2 Å². The van der Waals surface area contributed by atoms with Gasteiger partial charge in [0.1, 0.15) is 5.82 Å². The van der Waals surface area contributed by atoms with Gasteiger partial charge in [-0.2, -0.15) is 4.98 Å². The highest BCUT2D eigenvalue weighted by atomic mass is 16.5. The average molecular weight is 249 g/mol. The second kappa shape index (κ2) is 7.21. The van der Waals surface area contributed by atoms with E-state index in [1.165, 1.54) is 38.9 Å². The van der Waals surface area contributed by atoms with E-state index in [2.05, 4.69) is 15.2 Å². The lowest BCUT2D eigenvalue weighted by Crippen LogP contribution is -2.22. The predicted molar refractivity (Wildman–Crippen MR) is 74.2 cm³/mol. The molecule has 100 valence electrons. The Bertz CT molecular complexity index is 351. The summed E-state index contributed by atoms with van der Waals surface area (Å²) < 4.78 is 5.37. The largest absolute Gasteiger partial charge is 0.478 e. The van der Waals surface area contributed by atoms with Gasteiger partial charge in [0.25, 0.3) is 0 Å². The molecular weight excluding hydrogens is 226 g/mol. The minimum atomic E-state index is 0.658. The molecule has 1 aliphatic heterocycles. The molecule has 1 aromatic rings. The summed E-state index contributed by atoms with van der Waals surface area (Å²) in [5.41, 5.74) is 0. The number of likely N-dealkylation sites (tertiary alicyclic amines) is 1. The van der Waals surface area contributed by atoms with Crippen molar-refractivity contribution in [3.8, 4) is 5.88 Å². The molecule has 0 saturated carbocycles. The molecule has 0 atom stereocenters. The zero-order chi connectivity index (χ0) is 12.6. The molecule has 4 heteroatoms. The summed E-state index contributed by atoms with van der Waals surface area (Å²) >= 11 is 0. The summed E-state index contributed by atoms with van der Waals surface area (Å²) in [6, 6.07) is 5.85. The molecule has 0 aromatic carbocycles. The molecule has 1 fully saturated rings. The zero-order valence-electron chi connectivity index (χ0n) is 11.2. The van der Waals surface area contributed by atoms with Crippen molar-refractivity contribution in [1.29, 1.82) is 0 Å². The molecule has 1 aliphatic rings. The smallest absolute Gasteiger partial charge is 0.215 e. The molecule has 2 rings (SSSR count). The van der Waals surface area contributed by atoms with Crippen molar-refractivity contribution in [1.82, 2.24) is 9.88 Å². The highest BCUT2D eigenvalue weighted by molar-refractivity contribution is 5.36. The molecule has 18 heavy (non-hydrogen) atoms. The first-order chi connectivity index (χ1) is 8.88. The highest BCUT2D eigenvalue weighted by Crippen LogP contribution is 2.11. The summed E-state index contributed by atoms with van der Waals surface area (Å²) in [6.07, 6.45) is 3.90. The van der Waals surface area contributed by atoms with Crippen molar-refractivity contribution >= 4 is 5.82 Å². The number of hydrogen-bond acceptors (Lipinski definition) is 4. The molecule has 0 spiro atoms. The van der Waals surface area contributed by atoms with E-state index in [-0.39, 0.29) is 0 Å². The Morgan fingerprint density at radius 3 is 2.94 bits per heavy atom. The van der Waals surface area contributed by atoms with Gasteiger partial charge in [-0.25, -0.2) is 0 Å². The van der Waals surface area contributed by atoms with Crippen molar-refractivity contribution in [3.63, 3.8) is 0 Å². The number of rotatable bonds is 7. The third-order valence-electron chi connectivity index (χ3n) is 3.17. The molecule has 2 heterocycles. The topological polar surface area (TPSA) is 37.4 Å². The van der Waals surface area contributed by atoms with Crippen molar-refractivity contribution < 1.29 is 4.74 Å². The maximum Gasteiger partial charge on any atom is 0.215 e. The van der Waals surface area contributed by atoms with Gasteiger partial charge in [0.15, 0.2) is 0 Å². The summed E-state index contributed by atoms with van der Waals surface area (Å²) in [6.45, 7) is 7.34. The van der Waals surface area contributed by atoms with Gasteiger partial charge >= 0.3 is 0 Å². The number of ether oxygens (including phenoxy) is 1. The minimum absolute atomic E-state index is 0.658. The summed E-state index contributed by atoms with van der Waals surface area (Å²) in [7, 11) is 0. The highest BCUT2D eigenvalue weighted by Gasteiger charge is 2.09. The number of nitrogens with zero attached hydrogens (tertiary/aromatic N) is 2. The zero-order valence-corrected chi connectivity index (χ0v) is 11.2. The predicted octanol–water partition coefficient (Wildman–Crippen LogP) is 2.38. The first-order valence-corrected chi connectivity index (χ1v) is 6.94. The normalized spacial score (nSPS) is 15.8. The van der Waals surface area contributed by atoms with Crippen LogP contribution >= 0.6 is 0 Å². The number of aromatic nitrogens is 1. The fourth-order valence-electron chi connectivity index (χ4n) is 2.27. The van der Waals surface area contributed by atoms with E-state index in [1.54, 1.807) is 0 Å². The van der Waals surface area contributed by atoms with Crippen LogP contribution in [0.1, 0.15) is 26.2 Å². The molecule has 0 amide bonds. The van der Waals surface area contributed by atoms with Crippen molar-refractivity contribution in [2.75, 3.05) is 38.1 Å². The molecule has 0 aliphatic carbocycles. The summed E-state index contributed by atoms with van der Waals surface area (Å²) in [5.74, 6) is 1.60. The van der Waals surface area contributed by atoms with Crippen LogP contribution in [0.2, 0.25) is 0 Å². The molecule has 0 radical (unpaired) electrons. The number of nitrogens with one attached hydrogen (secondary N) is 1. The molecule has 0 bridgehead atoms. The second-order valence-corrected chi connectivity index (χ2v) is 4.62. The third-order valence-corrected chi connectivity index (χ3v) is 3.17. The molecular formula is C14H23N3O. The van der Waals surface area contributed by atoms with Crippen LogP contribution in [0.3, 0.4) is 0 Å². The summed E-state index contributed by atoms with van der Waals surface area (Å²) in [5, 5.41) is 3.35. The Kier molecular flexibility index (Phi) is 5.27. The van der Waals surface area contributed by atoms with Crippen LogP contribution in [-0.2, 0) is 0 Å². The standard InChI is InChI=1S/C14H23N3O/c1-2-18-14-8-5-7-13(16-14)15-9-6-12-17-10-3-4-11-17/h5,7-8H,2-4,6,9-12H2,1H3,(H,15,16). The monoisotopic (exact) mass is 249 g/mol. The van der Waals surface area contributed by atoms with Crippen LogP contribution in [0, 0.1) is 0 Å². The molecule has 1 N–H and O–H groups in total. The lowest BCUT2D eigenvalue weighted by atomic mass is 10.3. The fourth-order valence-corrected chi connectivity index (χ4v) is 2.27. The Labute approximate surface area is 109 Å². The lowest BCUT2D eigenvalue weighted by molar-refractivity contribution is 0.327. The van der Waals surface area contributed by atoms with E-state index >= 15 is 0 Å². The van der Waals surface area contributed by atoms with Gasteiger partial charge in [-0.3, -0.25) is 0 Å². The quantitative estimate of drug-likeness (QED) is 0.753. The van der Waals surface area contributed by atoms with Gasteiger partial charge in [0, 0.05) is 12.6 Å². The molecule has 4 nitrogen and oxygen atoms in total. The van der Waals surface area contributed by atoms with Gasteiger partial charge in [0.05, 0.1) is 6.61 Å². The van der Waals surface area contributed by atoms with Crippen LogP contribution in [0.5, 0.6) is 5.88 Å². The Balaban J connectivity index is 1.67. The first-order valence-electron chi connectivity index (χ1n) is 6.94. The van der Waals surface area contributed by atoms with E-state index < -0.39 is 0 Å². The number of anilines is 1. The van der Waals surface area contributed by atoms with E-state index in [1.807, 2.05) is 25.1 Å². The SMILES string of the molecule is CCOc1cccc(NCCCN2CCCC2)n1. The van der Waals surface area contributed by atoms with E-state index in [0.717, 1.165) is 12.4 Å². The summed E-state index contributed by atoms with van der Waals surface area (Å²) in [4.78, 5) is 6.92. The van der Waals surface area contributed by atoms with E-state index in [4.69, 9.17) is 4.74 Å². The van der Waals surface area contributed by atoms with Gasteiger partial charge < -0.3 is 15.0 Å². The Hall–Kier alpha value is -1.29. The molecule has 1 aromatic heterocycles. The van der Waals surface area contributed by atoms with E-state index in [9.17, 15) is 0 Å². The maximum atomic E-state index is 5.37. The van der Waals surface area contributed by atoms with Crippen LogP contribution in [0.15, 0.2) is 18.2 Å². The van der Waals surface area contributed by atoms with Crippen LogP contribution in [0.4, 0.5) is 5.82 Å². The van der Waals surface area contributed by atoms with Gasteiger partial charge in [-0.1, -0.05) is 6.07 Å². The van der Waals surface area contributed by atoms with Crippen LogP contribution < -0.4 is 10.1 Å². The Morgan fingerprint density at radius 2 is 2.17 bits per heavy atom. The van der Waals surface area contributed by atoms with Crippen LogP contribution in [-0.4, -0.2) is 42.7 Å². The minimum Gasteiger partial charge on any atom is -0.478 e. The fraction of sp³-hybridized carbons (Fsp3) is 0.643. The second-order valence-electron chi connectivity index (χ2n) is 4.62. The van der Waals surface area contributed by atoms with E-state index in [0.29, 0.717) is 12.5 Å². The third kappa shape index (κ3) is 4.18. The van der Waals surface area contributed by atoms with Crippen molar-refractivity contribution in [2.24, 2.45) is 0 Å². The maximum absolute atomic E-state index is 5.37. The van der Waals surface area contributed by atoms with Gasteiger partial charge in [-0.05, 0) is 51.9 Å². The molecule has 0 unspecified atom stereocenters. The average Bonchev–Trinajstić information content (AvgIpc) is 2.89. The lowest BCUT2D eigenvalue weighted by Gasteiger charge is -2.14. The number of pyridine rings is 1. The molecule has 1 saturated heterocycles. The first kappa shape index (κ1) is 13.1. The van der Waals surface area contributed by atoms with Crippen LogP contribution in [0.25, 0.3) is 0 Å². The van der Waals surface area contributed by atoms with Gasteiger partial charge in [0.2, 0.25) is 5.88 Å². The van der Waals surface area contributed by atoms with Gasteiger partial charge in [-0.15, -0.1) is 0 Å². The Morgan fingerprint density at radius 1 is 1.33 bits per heavy atom.